The first-order valence-corrected chi connectivity index (χ1v) is 6.75. The van der Waals surface area contributed by atoms with Crippen molar-refractivity contribution in [1.29, 1.82) is 0 Å². The van der Waals surface area contributed by atoms with E-state index in [2.05, 4.69) is 0 Å². The molecule has 0 heterocycles. The maximum atomic E-state index is 6.20. The van der Waals surface area contributed by atoms with Crippen molar-refractivity contribution in [2.45, 2.75) is 0 Å². The molecule has 0 aliphatic carbocycles. The van der Waals surface area contributed by atoms with Gasteiger partial charge in [-0.3, -0.25) is 0 Å². The number of methoxy groups -OCH3 is 2. The van der Waals surface area contributed by atoms with Crippen LogP contribution < -0.4 is 9.47 Å². The van der Waals surface area contributed by atoms with E-state index in [0.29, 0.717) is 15.8 Å². The van der Waals surface area contributed by atoms with Crippen LogP contribution in [0.15, 0.2) is 36.4 Å². The molecule has 2 nitrogen and oxygen atoms in total. The fraction of sp³-hybridized carbons (Fsp3) is 0.125. The van der Waals surface area contributed by atoms with Gasteiger partial charge in [0.2, 0.25) is 0 Å². The topological polar surface area (TPSA) is 18.5 Å². The normalized spacial score (nSPS) is 10.8. The quantitative estimate of drug-likeness (QED) is 0.724. The molecule has 0 aliphatic heterocycles. The minimum Gasteiger partial charge on any atom is -0.497 e. The van der Waals surface area contributed by atoms with Gasteiger partial charge in [-0.1, -0.05) is 47.5 Å². The second-order valence-electron chi connectivity index (χ2n) is 4.11. The average molecular weight is 309 g/mol. The van der Waals surface area contributed by atoms with Crippen LogP contribution in [0.3, 0.4) is 0 Å². The van der Waals surface area contributed by atoms with Gasteiger partial charge in [0, 0.05) is 5.56 Å². The summed E-state index contributed by atoms with van der Waals surface area (Å²) in [5.74, 6) is 1.44. The highest BCUT2D eigenvalue weighted by Crippen LogP contribution is 2.31. The predicted molar refractivity (Wildman–Crippen MR) is 84.9 cm³/mol. The molecule has 20 heavy (non-hydrogen) atoms. The molecule has 0 unspecified atom stereocenters. The van der Waals surface area contributed by atoms with Gasteiger partial charge >= 0.3 is 0 Å². The maximum absolute atomic E-state index is 6.20. The Balaban J connectivity index is 2.31. The van der Waals surface area contributed by atoms with Crippen LogP contribution in [0.1, 0.15) is 11.1 Å². The molecular formula is C16H14Cl2O2. The lowest BCUT2D eigenvalue weighted by molar-refractivity contribution is 0.414. The van der Waals surface area contributed by atoms with Crippen molar-refractivity contribution in [2.75, 3.05) is 14.2 Å². The minimum absolute atomic E-state index is 0.550. The lowest BCUT2D eigenvalue weighted by atomic mass is 10.1. The molecule has 2 aromatic rings. The highest BCUT2D eigenvalue weighted by molar-refractivity contribution is 6.37. The Morgan fingerprint density at radius 3 is 2.10 bits per heavy atom. The second-order valence-corrected chi connectivity index (χ2v) is 4.93. The van der Waals surface area contributed by atoms with Gasteiger partial charge in [-0.15, -0.1) is 0 Å². The molecule has 0 amide bonds. The van der Waals surface area contributed by atoms with E-state index in [1.807, 2.05) is 36.4 Å². The Morgan fingerprint density at radius 1 is 0.850 bits per heavy atom. The number of hydrogen-bond acceptors (Lipinski definition) is 2. The molecule has 2 rings (SSSR count). The first kappa shape index (κ1) is 14.8. The molecular weight excluding hydrogens is 295 g/mol. The SMILES string of the molecule is COc1cccc(/C=C/c2c(Cl)cc(OC)cc2Cl)c1. The third-order valence-electron chi connectivity index (χ3n) is 2.82. The summed E-state index contributed by atoms with van der Waals surface area (Å²) in [4.78, 5) is 0. The zero-order valence-electron chi connectivity index (χ0n) is 11.2. The largest absolute Gasteiger partial charge is 0.497 e. The molecule has 0 aromatic heterocycles. The van der Waals surface area contributed by atoms with Crippen molar-refractivity contribution >= 4 is 35.4 Å². The minimum atomic E-state index is 0.550. The Kier molecular flexibility index (Phi) is 4.94. The Hall–Kier alpha value is -1.64. The van der Waals surface area contributed by atoms with Gasteiger partial charge < -0.3 is 9.47 Å². The van der Waals surface area contributed by atoms with Crippen LogP contribution >= 0.6 is 23.2 Å². The van der Waals surface area contributed by atoms with Crippen LogP contribution in [0.2, 0.25) is 10.0 Å². The molecule has 0 radical (unpaired) electrons. The van der Waals surface area contributed by atoms with Crippen molar-refractivity contribution in [3.05, 3.63) is 57.6 Å². The summed E-state index contributed by atoms with van der Waals surface area (Å²) in [6, 6.07) is 11.2. The molecule has 104 valence electrons. The number of halogens is 2. The molecule has 0 saturated carbocycles. The first-order valence-electron chi connectivity index (χ1n) is 5.99. The van der Waals surface area contributed by atoms with Crippen LogP contribution in [0, 0.1) is 0 Å². The zero-order valence-corrected chi connectivity index (χ0v) is 12.7. The van der Waals surface area contributed by atoms with E-state index < -0.39 is 0 Å². The Bertz CT molecular complexity index is 613. The monoisotopic (exact) mass is 308 g/mol. The van der Waals surface area contributed by atoms with Gasteiger partial charge in [-0.05, 0) is 29.8 Å². The van der Waals surface area contributed by atoms with Gasteiger partial charge in [0.05, 0.1) is 24.3 Å². The fourth-order valence-electron chi connectivity index (χ4n) is 1.76. The van der Waals surface area contributed by atoms with E-state index in [9.17, 15) is 0 Å². The van der Waals surface area contributed by atoms with Crippen LogP contribution in [0.25, 0.3) is 12.2 Å². The lowest BCUT2D eigenvalue weighted by Gasteiger charge is -2.06. The average Bonchev–Trinajstić information content (AvgIpc) is 2.46. The van der Waals surface area contributed by atoms with Gasteiger partial charge in [0.25, 0.3) is 0 Å². The molecule has 4 heteroatoms. The fourth-order valence-corrected chi connectivity index (χ4v) is 2.36. The van der Waals surface area contributed by atoms with E-state index in [-0.39, 0.29) is 0 Å². The Labute approximate surface area is 128 Å². The molecule has 0 atom stereocenters. The van der Waals surface area contributed by atoms with E-state index in [0.717, 1.165) is 16.9 Å². The predicted octanol–water partition coefficient (Wildman–Crippen LogP) is 5.18. The highest BCUT2D eigenvalue weighted by Gasteiger charge is 2.06. The van der Waals surface area contributed by atoms with Gasteiger partial charge in [0.15, 0.2) is 0 Å². The summed E-state index contributed by atoms with van der Waals surface area (Å²) in [7, 11) is 3.22. The van der Waals surface area contributed by atoms with Crippen LogP contribution in [-0.4, -0.2) is 14.2 Å². The molecule has 0 fully saturated rings. The number of benzene rings is 2. The summed E-state index contributed by atoms with van der Waals surface area (Å²) < 4.78 is 10.3. The third-order valence-corrected chi connectivity index (χ3v) is 3.45. The van der Waals surface area contributed by atoms with Crippen molar-refractivity contribution in [1.82, 2.24) is 0 Å². The summed E-state index contributed by atoms with van der Waals surface area (Å²) in [5.41, 5.74) is 1.77. The van der Waals surface area contributed by atoms with Crippen LogP contribution in [-0.2, 0) is 0 Å². The van der Waals surface area contributed by atoms with Gasteiger partial charge in [-0.2, -0.15) is 0 Å². The molecule has 0 saturated heterocycles. The van der Waals surface area contributed by atoms with Crippen molar-refractivity contribution < 1.29 is 9.47 Å². The molecule has 0 bridgehead atoms. The first-order chi connectivity index (χ1) is 9.63. The lowest BCUT2D eigenvalue weighted by Crippen LogP contribution is -1.86. The van der Waals surface area contributed by atoms with E-state index in [4.69, 9.17) is 32.7 Å². The summed E-state index contributed by atoms with van der Waals surface area (Å²) in [6.45, 7) is 0. The van der Waals surface area contributed by atoms with Crippen LogP contribution in [0.5, 0.6) is 11.5 Å². The molecule has 0 N–H and O–H groups in total. The van der Waals surface area contributed by atoms with E-state index in [1.54, 1.807) is 26.4 Å². The van der Waals surface area contributed by atoms with Gasteiger partial charge in [-0.25, -0.2) is 0 Å². The van der Waals surface area contributed by atoms with Crippen LogP contribution in [0.4, 0.5) is 0 Å². The third kappa shape index (κ3) is 3.47. The summed E-state index contributed by atoms with van der Waals surface area (Å²) in [6.07, 6.45) is 3.81. The number of rotatable bonds is 4. The summed E-state index contributed by atoms with van der Waals surface area (Å²) >= 11 is 12.4. The van der Waals surface area contributed by atoms with E-state index in [1.165, 1.54) is 0 Å². The molecule has 0 aliphatic rings. The number of ether oxygens (including phenoxy) is 2. The number of hydrogen-bond donors (Lipinski definition) is 0. The zero-order chi connectivity index (χ0) is 14.5. The maximum Gasteiger partial charge on any atom is 0.121 e. The van der Waals surface area contributed by atoms with Gasteiger partial charge in [0.1, 0.15) is 11.5 Å². The Morgan fingerprint density at radius 2 is 1.50 bits per heavy atom. The summed E-state index contributed by atoms with van der Waals surface area (Å²) in [5, 5.41) is 1.10. The van der Waals surface area contributed by atoms with Crippen molar-refractivity contribution in [3.63, 3.8) is 0 Å². The molecule has 2 aromatic carbocycles. The van der Waals surface area contributed by atoms with Crippen molar-refractivity contribution in [3.8, 4) is 11.5 Å². The highest BCUT2D eigenvalue weighted by atomic mass is 35.5. The smallest absolute Gasteiger partial charge is 0.121 e. The second kappa shape index (κ2) is 6.69. The standard InChI is InChI=1S/C16H14Cl2O2/c1-19-12-5-3-4-11(8-12)6-7-14-15(17)9-13(20-2)10-16(14)18/h3-10H,1-2H3/b7-6+. The van der Waals surface area contributed by atoms with E-state index >= 15 is 0 Å². The molecule has 0 spiro atoms. The van der Waals surface area contributed by atoms with Crippen molar-refractivity contribution in [2.24, 2.45) is 0 Å².